The molecule has 2 aromatic carbocycles. The second kappa shape index (κ2) is 16.1. The summed E-state index contributed by atoms with van der Waals surface area (Å²) in [4.78, 5) is 22.2. The van der Waals surface area contributed by atoms with Crippen LogP contribution in [0.2, 0.25) is 0 Å². The van der Waals surface area contributed by atoms with Gasteiger partial charge in [0.05, 0.1) is 6.54 Å². The third kappa shape index (κ3) is 13.0. The van der Waals surface area contributed by atoms with Crippen LogP contribution < -0.4 is 15.4 Å². The van der Waals surface area contributed by atoms with Gasteiger partial charge in [-0.2, -0.15) is 0 Å². The summed E-state index contributed by atoms with van der Waals surface area (Å²) in [5.74, 6) is -0.0778. The fraction of sp³-hybridized carbons (Fsp3) is 0.364. The van der Waals surface area contributed by atoms with Crippen molar-refractivity contribution in [1.29, 1.82) is 0 Å². The van der Waals surface area contributed by atoms with Crippen molar-refractivity contribution in [3.63, 3.8) is 0 Å². The highest BCUT2D eigenvalue weighted by molar-refractivity contribution is 5.83. The third-order valence-electron chi connectivity index (χ3n) is 3.23. The Morgan fingerprint density at radius 1 is 0.897 bits per heavy atom. The summed E-state index contributed by atoms with van der Waals surface area (Å²) in [6.07, 6.45) is 0. The number of hydrogen-bond donors (Lipinski definition) is 2. The molecule has 0 spiro atoms. The second-order valence-corrected chi connectivity index (χ2v) is 5.65. The summed E-state index contributed by atoms with van der Waals surface area (Å²) in [6, 6.07) is 13.4. The lowest BCUT2D eigenvalue weighted by Crippen LogP contribution is -2.35. The lowest BCUT2D eigenvalue weighted by Gasteiger charge is -2.08. The Kier molecular flexibility index (Phi) is 14.4. The van der Waals surface area contributed by atoms with Crippen molar-refractivity contribution < 1.29 is 23.5 Å². The van der Waals surface area contributed by atoms with Crippen LogP contribution in [0.3, 0.4) is 0 Å². The zero-order valence-corrected chi connectivity index (χ0v) is 17.8. The molecule has 29 heavy (non-hydrogen) atoms. The molecule has 0 saturated carbocycles. The van der Waals surface area contributed by atoms with Gasteiger partial charge in [0.1, 0.15) is 18.2 Å². The number of rotatable bonds is 7. The minimum Gasteiger partial charge on any atom is -0.489 e. The Labute approximate surface area is 172 Å². The van der Waals surface area contributed by atoms with E-state index in [-0.39, 0.29) is 24.2 Å². The maximum atomic E-state index is 12.8. The van der Waals surface area contributed by atoms with Crippen LogP contribution in [0.15, 0.2) is 48.5 Å². The van der Waals surface area contributed by atoms with Crippen molar-refractivity contribution in [1.82, 2.24) is 10.6 Å². The van der Waals surface area contributed by atoms with Gasteiger partial charge in [0.25, 0.3) is 0 Å². The van der Waals surface area contributed by atoms with Crippen LogP contribution in [0.5, 0.6) is 5.75 Å². The SMILES string of the molecule is CC.CC(=O)NCC(=O)NCc1ccc(OCc2ccc(F)cc2)cc1.COC. The lowest BCUT2D eigenvalue weighted by atomic mass is 10.2. The molecule has 0 fully saturated rings. The van der Waals surface area contributed by atoms with E-state index < -0.39 is 0 Å². The molecule has 6 nitrogen and oxygen atoms in total. The maximum Gasteiger partial charge on any atom is 0.239 e. The van der Waals surface area contributed by atoms with Crippen molar-refractivity contribution >= 4 is 11.8 Å². The number of benzene rings is 2. The summed E-state index contributed by atoms with van der Waals surface area (Å²) in [6.45, 7) is 6.05. The molecule has 2 rings (SSSR count). The molecule has 0 heterocycles. The predicted molar refractivity (Wildman–Crippen MR) is 112 cm³/mol. The molecule has 160 valence electrons. The Morgan fingerprint density at radius 3 is 1.93 bits per heavy atom. The monoisotopic (exact) mass is 406 g/mol. The molecule has 0 aliphatic rings. The van der Waals surface area contributed by atoms with Crippen molar-refractivity contribution in [3.05, 3.63) is 65.5 Å². The Hall–Kier alpha value is -2.93. The van der Waals surface area contributed by atoms with E-state index in [9.17, 15) is 14.0 Å². The van der Waals surface area contributed by atoms with Gasteiger partial charge in [0.15, 0.2) is 0 Å². The molecule has 0 bridgehead atoms. The van der Waals surface area contributed by atoms with Gasteiger partial charge >= 0.3 is 0 Å². The van der Waals surface area contributed by atoms with Crippen LogP contribution in [0.1, 0.15) is 31.9 Å². The highest BCUT2D eigenvalue weighted by Crippen LogP contribution is 2.14. The summed E-state index contributed by atoms with van der Waals surface area (Å²) in [5, 5.41) is 5.14. The van der Waals surface area contributed by atoms with Gasteiger partial charge in [-0.05, 0) is 35.4 Å². The molecule has 2 aromatic rings. The van der Waals surface area contributed by atoms with Crippen molar-refractivity contribution in [2.45, 2.75) is 33.9 Å². The fourth-order valence-corrected chi connectivity index (χ4v) is 1.92. The molecule has 0 saturated heterocycles. The van der Waals surface area contributed by atoms with Crippen LogP contribution in [0.4, 0.5) is 4.39 Å². The summed E-state index contributed by atoms with van der Waals surface area (Å²) in [7, 11) is 3.25. The van der Waals surface area contributed by atoms with E-state index in [1.165, 1.54) is 19.1 Å². The highest BCUT2D eigenvalue weighted by Gasteiger charge is 2.02. The molecule has 2 N–H and O–H groups in total. The van der Waals surface area contributed by atoms with E-state index in [1.54, 1.807) is 38.5 Å². The van der Waals surface area contributed by atoms with Crippen LogP contribution in [-0.4, -0.2) is 32.6 Å². The average Bonchev–Trinajstić information content (AvgIpc) is 2.73. The fourth-order valence-electron chi connectivity index (χ4n) is 1.92. The van der Waals surface area contributed by atoms with Crippen LogP contribution in [-0.2, 0) is 27.5 Å². The topological polar surface area (TPSA) is 76.7 Å². The number of hydrogen-bond acceptors (Lipinski definition) is 4. The zero-order valence-electron chi connectivity index (χ0n) is 17.8. The molecule has 0 aliphatic heterocycles. The van der Waals surface area contributed by atoms with E-state index in [2.05, 4.69) is 15.4 Å². The van der Waals surface area contributed by atoms with Crippen molar-refractivity contribution in [2.24, 2.45) is 0 Å². The second-order valence-electron chi connectivity index (χ2n) is 5.65. The van der Waals surface area contributed by atoms with E-state index in [0.717, 1.165) is 11.1 Å². The number of carbonyl (C=O) groups is 2. The molecule has 0 aromatic heterocycles. The van der Waals surface area contributed by atoms with Crippen LogP contribution in [0.25, 0.3) is 0 Å². The van der Waals surface area contributed by atoms with E-state index in [4.69, 9.17) is 4.74 Å². The van der Waals surface area contributed by atoms with Gasteiger partial charge in [-0.3, -0.25) is 9.59 Å². The van der Waals surface area contributed by atoms with Gasteiger partial charge in [-0.15, -0.1) is 0 Å². The number of carbonyl (C=O) groups excluding carboxylic acids is 2. The smallest absolute Gasteiger partial charge is 0.239 e. The minimum absolute atomic E-state index is 0.0335. The van der Waals surface area contributed by atoms with Crippen LogP contribution in [0, 0.1) is 5.82 Å². The molecule has 7 heteroatoms. The largest absolute Gasteiger partial charge is 0.489 e. The standard InChI is InChI=1S/C18H19FN2O3.C2H6O.C2H6/c1-13(22)20-11-18(23)21-10-14-4-8-17(9-5-14)24-12-15-2-6-16(19)7-3-15;1-3-2;1-2/h2-9H,10-12H2,1H3,(H,20,22)(H,21,23);1-2H3;1-2H3. The summed E-state index contributed by atoms with van der Waals surface area (Å²) in [5.41, 5.74) is 1.80. The minimum atomic E-state index is -0.274. The number of halogens is 1. The quantitative estimate of drug-likeness (QED) is 0.738. The molecular formula is C22H31FN2O4. The molecule has 0 atom stereocenters. The van der Waals surface area contributed by atoms with E-state index in [0.29, 0.717) is 18.9 Å². The normalized spacial score (nSPS) is 9.17. The number of nitrogens with one attached hydrogen (secondary N) is 2. The first-order valence-corrected chi connectivity index (χ1v) is 9.32. The number of methoxy groups -OCH3 is 1. The Morgan fingerprint density at radius 2 is 1.41 bits per heavy atom. The van der Waals surface area contributed by atoms with Gasteiger partial charge in [0.2, 0.25) is 11.8 Å². The predicted octanol–water partition coefficient (Wildman–Crippen LogP) is 3.45. The Balaban J connectivity index is 0.00000143. The zero-order chi connectivity index (χ0) is 22.1. The Bertz CT molecular complexity index is 704. The van der Waals surface area contributed by atoms with Crippen LogP contribution >= 0.6 is 0 Å². The summed E-state index contributed by atoms with van der Waals surface area (Å²) < 4.78 is 22.7. The van der Waals surface area contributed by atoms with Gasteiger partial charge in [-0.25, -0.2) is 4.39 Å². The highest BCUT2D eigenvalue weighted by atomic mass is 19.1. The molecule has 0 aliphatic carbocycles. The van der Waals surface area contributed by atoms with Gasteiger partial charge in [-0.1, -0.05) is 38.1 Å². The van der Waals surface area contributed by atoms with E-state index in [1.807, 2.05) is 26.0 Å². The van der Waals surface area contributed by atoms with Gasteiger partial charge < -0.3 is 20.1 Å². The first-order chi connectivity index (χ1) is 13.9. The number of ether oxygens (including phenoxy) is 2. The lowest BCUT2D eigenvalue weighted by molar-refractivity contribution is -0.125. The first-order valence-electron chi connectivity index (χ1n) is 9.32. The average molecular weight is 406 g/mol. The van der Waals surface area contributed by atoms with E-state index >= 15 is 0 Å². The number of amides is 2. The van der Waals surface area contributed by atoms with Crippen molar-refractivity contribution in [2.75, 3.05) is 20.8 Å². The maximum absolute atomic E-state index is 12.8. The third-order valence-corrected chi connectivity index (χ3v) is 3.23. The van der Waals surface area contributed by atoms with Crippen molar-refractivity contribution in [3.8, 4) is 5.75 Å². The summed E-state index contributed by atoms with van der Waals surface area (Å²) >= 11 is 0. The molecule has 0 unspecified atom stereocenters. The first kappa shape index (κ1) is 26.1. The van der Waals surface area contributed by atoms with Gasteiger partial charge in [0, 0.05) is 27.7 Å². The molecule has 0 radical (unpaired) electrons. The molecular weight excluding hydrogens is 375 g/mol. The molecule has 2 amide bonds.